The fourth-order valence-electron chi connectivity index (χ4n) is 5.99. The van der Waals surface area contributed by atoms with Crippen LogP contribution in [-0.4, -0.2) is 54.7 Å². The van der Waals surface area contributed by atoms with Crippen LogP contribution in [0.15, 0.2) is 48.9 Å². The molecule has 2 fully saturated rings. The second-order valence-electron chi connectivity index (χ2n) is 9.89. The molecule has 3 aromatic heterocycles. The summed E-state index contributed by atoms with van der Waals surface area (Å²) in [6, 6.07) is 11.7. The summed E-state index contributed by atoms with van der Waals surface area (Å²) in [6.45, 7) is 2.39. The Hall–Kier alpha value is -3.07. The highest BCUT2D eigenvalue weighted by atomic mass is 16.5. The van der Waals surface area contributed by atoms with E-state index in [0.717, 1.165) is 52.5 Å². The van der Waals surface area contributed by atoms with E-state index in [1.54, 1.807) is 6.33 Å². The summed E-state index contributed by atoms with van der Waals surface area (Å²) in [6.07, 6.45) is 4.78. The Morgan fingerprint density at radius 2 is 2.03 bits per heavy atom. The van der Waals surface area contributed by atoms with E-state index in [0.29, 0.717) is 18.8 Å². The number of fused-ring (bicyclic) bond motifs is 2. The highest BCUT2D eigenvalue weighted by Gasteiger charge is 2.57. The van der Waals surface area contributed by atoms with Crippen molar-refractivity contribution in [2.75, 3.05) is 12.3 Å². The number of ether oxygens (including phenoxy) is 1. The zero-order valence-electron chi connectivity index (χ0n) is 19.1. The van der Waals surface area contributed by atoms with Gasteiger partial charge in [0.05, 0.1) is 36.1 Å². The van der Waals surface area contributed by atoms with Crippen LogP contribution in [0, 0.1) is 12.3 Å². The van der Waals surface area contributed by atoms with Crippen molar-refractivity contribution >= 4 is 27.8 Å². The number of anilines is 1. The molecule has 34 heavy (non-hydrogen) atoms. The smallest absolute Gasteiger partial charge is 0.143 e. The molecule has 1 aliphatic carbocycles. The average molecular weight is 460 g/mol. The number of para-hydroxylation sites is 1. The minimum Gasteiger partial charge on any atom is -0.390 e. The zero-order valence-corrected chi connectivity index (χ0v) is 19.1. The molecule has 8 heteroatoms. The summed E-state index contributed by atoms with van der Waals surface area (Å²) in [5.74, 6) is 0.517. The Morgan fingerprint density at radius 3 is 2.91 bits per heavy atom. The van der Waals surface area contributed by atoms with Gasteiger partial charge in [0.25, 0.3) is 0 Å². The van der Waals surface area contributed by atoms with Crippen LogP contribution in [0.4, 0.5) is 5.82 Å². The Bertz CT molecular complexity index is 1370. The number of benzene rings is 1. The third kappa shape index (κ3) is 3.36. The van der Waals surface area contributed by atoms with Gasteiger partial charge in [0.2, 0.25) is 0 Å². The summed E-state index contributed by atoms with van der Waals surface area (Å²) in [5.41, 5.74) is 9.23. The van der Waals surface area contributed by atoms with Crippen LogP contribution in [0.3, 0.4) is 0 Å². The van der Waals surface area contributed by atoms with Gasteiger partial charge in [0.15, 0.2) is 0 Å². The van der Waals surface area contributed by atoms with E-state index >= 15 is 0 Å². The standard InChI is InChI=1S/C26H29N5O3/c1-15-19-9-10-31(25(19)29-14-28-15)20-12-26(24(33)23(20)32)11-18(34-13-26)7-5-16-3-2-4-17-6-8-21(27)30-22(16)17/h2-4,6,8-10,14,18,20,23-24,32-33H,5,7,11-13H2,1H3,(H2,27,30). The van der Waals surface area contributed by atoms with E-state index in [1.165, 1.54) is 0 Å². The lowest BCUT2D eigenvalue weighted by Gasteiger charge is -2.26. The second kappa shape index (κ2) is 8.01. The number of aliphatic hydroxyl groups excluding tert-OH is 2. The first kappa shape index (κ1) is 21.5. The molecular formula is C26H29N5O3. The van der Waals surface area contributed by atoms with Crippen molar-refractivity contribution in [3.05, 3.63) is 60.2 Å². The molecule has 1 aromatic carbocycles. The van der Waals surface area contributed by atoms with Gasteiger partial charge in [-0.3, -0.25) is 0 Å². The Morgan fingerprint density at radius 1 is 1.15 bits per heavy atom. The summed E-state index contributed by atoms with van der Waals surface area (Å²) in [4.78, 5) is 13.2. The van der Waals surface area contributed by atoms with Gasteiger partial charge < -0.3 is 25.3 Å². The number of hydrogen-bond acceptors (Lipinski definition) is 7. The number of nitrogens with two attached hydrogens (primary N) is 1. The lowest BCUT2D eigenvalue weighted by atomic mass is 9.80. The fourth-order valence-corrected chi connectivity index (χ4v) is 5.99. The molecule has 4 heterocycles. The maximum absolute atomic E-state index is 11.1. The molecule has 1 spiro atoms. The molecule has 1 aliphatic heterocycles. The number of pyridine rings is 1. The van der Waals surface area contributed by atoms with Gasteiger partial charge in [-0.25, -0.2) is 15.0 Å². The predicted octanol–water partition coefficient (Wildman–Crippen LogP) is 2.94. The molecule has 5 unspecified atom stereocenters. The molecule has 8 nitrogen and oxygen atoms in total. The van der Waals surface area contributed by atoms with Gasteiger partial charge in [-0.15, -0.1) is 0 Å². The largest absolute Gasteiger partial charge is 0.390 e. The van der Waals surface area contributed by atoms with Crippen LogP contribution in [0.25, 0.3) is 21.9 Å². The first-order valence-corrected chi connectivity index (χ1v) is 11.9. The van der Waals surface area contributed by atoms with Crippen LogP contribution < -0.4 is 5.73 Å². The zero-order chi connectivity index (χ0) is 23.4. The van der Waals surface area contributed by atoms with Crippen molar-refractivity contribution in [2.24, 2.45) is 5.41 Å². The summed E-state index contributed by atoms with van der Waals surface area (Å²) in [7, 11) is 0. The highest BCUT2D eigenvalue weighted by Crippen LogP contribution is 2.52. The Labute approximate surface area is 197 Å². The molecule has 5 atom stereocenters. The summed E-state index contributed by atoms with van der Waals surface area (Å²) < 4.78 is 8.18. The van der Waals surface area contributed by atoms with Crippen molar-refractivity contribution in [1.82, 2.24) is 19.5 Å². The van der Waals surface area contributed by atoms with Gasteiger partial charge in [-0.2, -0.15) is 0 Å². The van der Waals surface area contributed by atoms with E-state index in [2.05, 4.69) is 21.0 Å². The monoisotopic (exact) mass is 459 g/mol. The van der Waals surface area contributed by atoms with E-state index in [-0.39, 0.29) is 12.1 Å². The lowest BCUT2D eigenvalue weighted by Crippen LogP contribution is -2.37. The van der Waals surface area contributed by atoms with Crippen molar-refractivity contribution in [1.29, 1.82) is 0 Å². The van der Waals surface area contributed by atoms with Gasteiger partial charge >= 0.3 is 0 Å². The summed E-state index contributed by atoms with van der Waals surface area (Å²) in [5, 5.41) is 24.2. The van der Waals surface area contributed by atoms with Gasteiger partial charge in [0, 0.05) is 22.4 Å². The number of rotatable bonds is 4. The number of aliphatic hydroxyl groups is 2. The van der Waals surface area contributed by atoms with Crippen LogP contribution in [0.5, 0.6) is 0 Å². The van der Waals surface area contributed by atoms with E-state index in [9.17, 15) is 10.2 Å². The van der Waals surface area contributed by atoms with Gasteiger partial charge in [0.1, 0.15) is 23.9 Å². The number of nitrogen functional groups attached to an aromatic ring is 1. The molecule has 0 bridgehead atoms. The Kier molecular flexibility index (Phi) is 5.05. The number of hydrogen-bond donors (Lipinski definition) is 3. The molecular weight excluding hydrogens is 430 g/mol. The fraction of sp³-hybridized carbons (Fsp3) is 0.423. The molecule has 4 aromatic rings. The van der Waals surface area contributed by atoms with Crippen LogP contribution in [0.1, 0.15) is 36.6 Å². The molecule has 6 rings (SSSR count). The van der Waals surface area contributed by atoms with Crippen molar-refractivity contribution in [2.45, 2.75) is 57.0 Å². The molecule has 4 N–H and O–H groups in total. The van der Waals surface area contributed by atoms with Crippen LogP contribution in [-0.2, 0) is 11.2 Å². The third-order valence-electron chi connectivity index (χ3n) is 7.83. The Balaban J connectivity index is 1.20. The van der Waals surface area contributed by atoms with Crippen LogP contribution in [0.2, 0.25) is 0 Å². The topological polar surface area (TPSA) is 119 Å². The highest BCUT2D eigenvalue weighted by molar-refractivity contribution is 5.83. The molecule has 0 radical (unpaired) electrons. The first-order chi connectivity index (χ1) is 16.4. The van der Waals surface area contributed by atoms with Crippen molar-refractivity contribution in [3.63, 3.8) is 0 Å². The van der Waals surface area contributed by atoms with Crippen molar-refractivity contribution < 1.29 is 14.9 Å². The van der Waals surface area contributed by atoms with E-state index in [1.807, 2.05) is 48.0 Å². The minimum atomic E-state index is -0.876. The number of nitrogens with zero attached hydrogens (tertiary/aromatic N) is 4. The normalized spacial score (nSPS) is 29.0. The van der Waals surface area contributed by atoms with E-state index in [4.69, 9.17) is 10.5 Å². The predicted molar refractivity (Wildman–Crippen MR) is 129 cm³/mol. The third-order valence-corrected chi connectivity index (χ3v) is 7.83. The minimum absolute atomic E-state index is 0.0166. The summed E-state index contributed by atoms with van der Waals surface area (Å²) >= 11 is 0. The van der Waals surface area contributed by atoms with Gasteiger partial charge in [-0.1, -0.05) is 18.2 Å². The molecule has 0 amide bonds. The number of aryl methyl sites for hydroxylation is 2. The molecule has 2 aliphatic rings. The number of aromatic nitrogens is 4. The second-order valence-corrected chi connectivity index (χ2v) is 9.89. The van der Waals surface area contributed by atoms with Crippen LogP contribution >= 0.6 is 0 Å². The van der Waals surface area contributed by atoms with Crippen molar-refractivity contribution in [3.8, 4) is 0 Å². The SMILES string of the molecule is Cc1ncnc2c1ccn2C1CC2(COC(CCc3cccc4ccc(N)nc34)C2)C(O)C1O. The maximum Gasteiger partial charge on any atom is 0.143 e. The lowest BCUT2D eigenvalue weighted by molar-refractivity contribution is -0.0309. The van der Waals surface area contributed by atoms with Gasteiger partial charge in [-0.05, 0) is 56.4 Å². The first-order valence-electron chi connectivity index (χ1n) is 11.9. The maximum atomic E-state index is 11.1. The average Bonchev–Trinajstić information content (AvgIpc) is 3.51. The van der Waals surface area contributed by atoms with E-state index < -0.39 is 17.6 Å². The molecule has 1 saturated heterocycles. The quantitative estimate of drug-likeness (QED) is 0.429. The molecule has 1 saturated carbocycles. The molecule has 176 valence electrons.